The number of hydrogen-bond acceptors (Lipinski definition) is 12. The van der Waals surface area contributed by atoms with E-state index in [0.29, 0.717) is 16.9 Å². The van der Waals surface area contributed by atoms with E-state index in [1.54, 1.807) is 37.3 Å². The molecule has 0 fully saturated rings. The van der Waals surface area contributed by atoms with E-state index in [2.05, 4.69) is 0 Å². The van der Waals surface area contributed by atoms with E-state index in [-0.39, 0.29) is 70.3 Å². The molecule has 2 heterocycles. The van der Waals surface area contributed by atoms with Gasteiger partial charge in [-0.15, -0.1) is 0 Å². The average molecular weight is 791 g/mol. The normalized spacial score (nSPS) is 23.0. The van der Waals surface area contributed by atoms with E-state index in [0.717, 1.165) is 23.3 Å². The Bertz CT molecular complexity index is 2470. The van der Waals surface area contributed by atoms with Crippen LogP contribution in [-0.4, -0.2) is 60.2 Å². The van der Waals surface area contributed by atoms with Gasteiger partial charge in [-0.2, -0.15) is 0 Å². The summed E-state index contributed by atoms with van der Waals surface area (Å²) in [6.45, 7) is 9.18. The molecule has 0 amide bonds. The molecule has 12 heteroatoms. The minimum absolute atomic E-state index is 0.000497. The van der Waals surface area contributed by atoms with Crippen LogP contribution in [-0.2, 0) is 12.0 Å². The van der Waals surface area contributed by atoms with Crippen molar-refractivity contribution in [2.75, 3.05) is 7.11 Å². The Kier molecular flexibility index (Phi) is 9.97. The first-order valence-electron chi connectivity index (χ1n) is 18.9. The van der Waals surface area contributed by atoms with E-state index in [4.69, 9.17) is 14.2 Å². The van der Waals surface area contributed by atoms with Gasteiger partial charge in [0.1, 0.15) is 57.3 Å². The van der Waals surface area contributed by atoms with E-state index >= 15 is 4.79 Å². The molecule has 0 saturated carbocycles. The number of phenolic OH excluding ortho intramolecular Hbond substituents is 6. The van der Waals surface area contributed by atoms with Crippen LogP contribution in [0.3, 0.4) is 0 Å². The van der Waals surface area contributed by atoms with Crippen molar-refractivity contribution in [1.29, 1.82) is 0 Å². The summed E-state index contributed by atoms with van der Waals surface area (Å²) in [7, 11) is 1.46. The summed E-state index contributed by atoms with van der Waals surface area (Å²) in [5.41, 5.74) is 0.328. The maximum Gasteiger partial charge on any atom is 0.318 e. The van der Waals surface area contributed by atoms with Gasteiger partial charge in [-0.05, 0) is 83.4 Å². The number of rotatable bonds is 9. The Hall–Kier alpha value is -6.40. The van der Waals surface area contributed by atoms with Crippen LogP contribution >= 0.6 is 0 Å². The summed E-state index contributed by atoms with van der Waals surface area (Å²) >= 11 is 0. The standard InChI is InChI=1S/C46H46O12/c1-22(2)7-11-30-41(52)38(32-18-24(5)17-31(28-12-8-25(47)19-34(28)49)37(32)40(51)29-13-9-26(48)20-35(29)50)42(53)39-43(30)58-45(16-15-23(3)4)33-14-10-27(56-6)21-36(33)57-46(45,55)44(39)54/h7-10,12-15,18-21,31-32,37,47-50,52-53,55H,11,16-17H2,1-6H3. The highest BCUT2D eigenvalue weighted by atomic mass is 16.7. The molecule has 0 radical (unpaired) electrons. The number of ether oxygens (including phenoxy) is 3. The highest BCUT2D eigenvalue weighted by Crippen LogP contribution is 2.62. The molecule has 4 aromatic rings. The van der Waals surface area contributed by atoms with Gasteiger partial charge in [0.15, 0.2) is 5.78 Å². The van der Waals surface area contributed by atoms with Crippen molar-refractivity contribution in [3.63, 3.8) is 0 Å². The number of carbonyl (C=O) groups is 2. The number of ketones is 2. The maximum absolute atomic E-state index is 15.1. The molecule has 3 aliphatic rings. The van der Waals surface area contributed by atoms with Crippen LogP contribution in [0.2, 0.25) is 0 Å². The first-order valence-corrected chi connectivity index (χ1v) is 18.9. The minimum atomic E-state index is -2.73. The van der Waals surface area contributed by atoms with Crippen molar-refractivity contribution < 1.29 is 59.5 Å². The fraction of sp³-hybridized carbons (Fsp3) is 0.304. The van der Waals surface area contributed by atoms with Crippen molar-refractivity contribution in [3.05, 3.63) is 123 Å². The van der Waals surface area contributed by atoms with Crippen LogP contribution < -0.4 is 14.2 Å². The topological polar surface area (TPSA) is 203 Å². The largest absolute Gasteiger partial charge is 0.508 e. The van der Waals surface area contributed by atoms with Crippen LogP contribution in [0.1, 0.15) is 102 Å². The number of methoxy groups -OCH3 is 1. The zero-order valence-corrected chi connectivity index (χ0v) is 33.0. The second-order valence-electron chi connectivity index (χ2n) is 15.8. The average Bonchev–Trinajstić information content (AvgIpc) is 3.41. The number of carbonyl (C=O) groups excluding carboxylic acids is 2. The van der Waals surface area contributed by atoms with E-state index < -0.39 is 63.5 Å². The van der Waals surface area contributed by atoms with Gasteiger partial charge in [0, 0.05) is 59.1 Å². The Morgan fingerprint density at radius 2 is 1.53 bits per heavy atom. The number of Topliss-reactive ketones (excluding diaryl/α,β-unsaturated/α-hetero) is 2. The lowest BCUT2D eigenvalue weighted by atomic mass is 9.64. The zero-order valence-electron chi connectivity index (χ0n) is 33.0. The zero-order chi connectivity index (χ0) is 42.0. The molecule has 7 N–H and O–H groups in total. The molecule has 2 aliphatic heterocycles. The summed E-state index contributed by atoms with van der Waals surface area (Å²) in [6, 6.07) is 12.3. The third kappa shape index (κ3) is 6.28. The van der Waals surface area contributed by atoms with E-state index in [1.165, 1.54) is 37.4 Å². The second-order valence-corrected chi connectivity index (χ2v) is 15.8. The molecule has 58 heavy (non-hydrogen) atoms. The van der Waals surface area contributed by atoms with Crippen LogP contribution in [0.25, 0.3) is 0 Å². The Balaban J connectivity index is 1.52. The van der Waals surface area contributed by atoms with Crippen molar-refractivity contribution in [3.8, 4) is 51.7 Å². The maximum atomic E-state index is 15.1. The SMILES string of the molecule is COc1ccc2c(c1)OC1(O)C(=O)c3c(O)c(C4C=C(C)CC(c5ccc(O)cc5O)C4C(=O)c4ccc(O)cc4O)c(O)c(CC=C(C)C)c3OC21CC=C(C)C. The Morgan fingerprint density at radius 3 is 2.17 bits per heavy atom. The number of hydrogen-bond donors (Lipinski definition) is 7. The molecule has 1 aliphatic carbocycles. The smallest absolute Gasteiger partial charge is 0.318 e. The highest BCUT2D eigenvalue weighted by Gasteiger charge is 2.70. The second kappa shape index (κ2) is 14.5. The number of phenols is 6. The molecular formula is C46H46O12. The lowest BCUT2D eigenvalue weighted by molar-refractivity contribution is -0.202. The van der Waals surface area contributed by atoms with Gasteiger partial charge in [-0.1, -0.05) is 41.0 Å². The first kappa shape index (κ1) is 39.8. The third-order valence-electron chi connectivity index (χ3n) is 11.4. The predicted molar refractivity (Wildman–Crippen MR) is 213 cm³/mol. The number of aliphatic hydroxyl groups is 1. The molecule has 0 saturated heterocycles. The van der Waals surface area contributed by atoms with Gasteiger partial charge in [0.05, 0.1) is 12.7 Å². The predicted octanol–water partition coefficient (Wildman–Crippen LogP) is 8.06. The van der Waals surface area contributed by atoms with Crippen LogP contribution in [0.5, 0.6) is 51.7 Å². The molecule has 0 spiro atoms. The fourth-order valence-corrected chi connectivity index (χ4v) is 8.59. The van der Waals surface area contributed by atoms with Crippen LogP contribution in [0.15, 0.2) is 89.5 Å². The summed E-state index contributed by atoms with van der Waals surface area (Å²) in [5.74, 6) is -10.1. The van der Waals surface area contributed by atoms with E-state index in [1.807, 2.05) is 27.7 Å². The number of aromatic hydroxyl groups is 6. The van der Waals surface area contributed by atoms with Gasteiger partial charge in [0.25, 0.3) is 0 Å². The van der Waals surface area contributed by atoms with Crippen LogP contribution in [0, 0.1) is 5.92 Å². The third-order valence-corrected chi connectivity index (χ3v) is 11.4. The van der Waals surface area contributed by atoms with Crippen LogP contribution in [0.4, 0.5) is 0 Å². The fourth-order valence-electron chi connectivity index (χ4n) is 8.59. The first-order chi connectivity index (χ1) is 27.4. The highest BCUT2D eigenvalue weighted by molar-refractivity contribution is 6.10. The Morgan fingerprint density at radius 1 is 0.862 bits per heavy atom. The van der Waals surface area contributed by atoms with Crippen molar-refractivity contribution in [2.24, 2.45) is 5.92 Å². The number of fused-ring (bicyclic) bond motifs is 4. The van der Waals surface area contributed by atoms with Crippen molar-refractivity contribution in [1.82, 2.24) is 0 Å². The van der Waals surface area contributed by atoms with Crippen molar-refractivity contribution >= 4 is 11.6 Å². The number of benzene rings is 4. The molecule has 0 bridgehead atoms. The molecule has 0 aromatic heterocycles. The molecule has 5 atom stereocenters. The quantitative estimate of drug-likeness (QED) is 0.0636. The summed E-state index contributed by atoms with van der Waals surface area (Å²) < 4.78 is 18.4. The molecule has 4 aromatic carbocycles. The summed E-state index contributed by atoms with van der Waals surface area (Å²) in [4.78, 5) is 30.0. The molecule has 12 nitrogen and oxygen atoms in total. The Labute approximate surface area is 335 Å². The lowest BCUT2D eigenvalue weighted by Gasteiger charge is -2.44. The van der Waals surface area contributed by atoms with E-state index in [9.17, 15) is 40.5 Å². The van der Waals surface area contributed by atoms with Gasteiger partial charge in [0.2, 0.25) is 11.4 Å². The molecular weight excluding hydrogens is 744 g/mol. The van der Waals surface area contributed by atoms with Gasteiger partial charge in [-0.25, -0.2) is 0 Å². The van der Waals surface area contributed by atoms with Gasteiger partial charge in [-0.3, -0.25) is 9.59 Å². The van der Waals surface area contributed by atoms with Crippen molar-refractivity contribution in [2.45, 2.75) is 77.1 Å². The van der Waals surface area contributed by atoms with Gasteiger partial charge < -0.3 is 50.0 Å². The molecule has 302 valence electrons. The molecule has 7 rings (SSSR count). The number of allylic oxidation sites excluding steroid dienone is 5. The van der Waals surface area contributed by atoms with Gasteiger partial charge >= 0.3 is 5.79 Å². The minimum Gasteiger partial charge on any atom is -0.508 e. The molecule has 5 unspecified atom stereocenters. The summed E-state index contributed by atoms with van der Waals surface area (Å²) in [5, 5.41) is 79.9. The lowest BCUT2D eigenvalue weighted by Crippen LogP contribution is -2.62. The summed E-state index contributed by atoms with van der Waals surface area (Å²) in [6.07, 6.45) is 5.42. The monoisotopic (exact) mass is 790 g/mol.